The van der Waals surface area contributed by atoms with Crippen LogP contribution in [-0.4, -0.2) is 14.4 Å². The first-order valence-corrected chi connectivity index (χ1v) is 7.71. The van der Waals surface area contributed by atoms with E-state index in [9.17, 15) is 0 Å². The van der Waals surface area contributed by atoms with E-state index in [0.717, 1.165) is 15.9 Å². The number of hydrogen-bond donors (Lipinski definition) is 0. The minimum absolute atomic E-state index is 0.737. The first-order valence-electron chi connectivity index (χ1n) is 6.92. The molecular weight excluding hydrogens is 314 g/mol. The van der Waals surface area contributed by atoms with Crippen LogP contribution >= 0.6 is 15.9 Å². The first kappa shape index (κ1) is 12.1. The van der Waals surface area contributed by atoms with Gasteiger partial charge in [-0.3, -0.25) is 4.40 Å². The van der Waals surface area contributed by atoms with Crippen molar-refractivity contribution < 1.29 is 0 Å². The molecule has 1 aliphatic rings. The molecule has 3 nitrogen and oxygen atoms in total. The minimum Gasteiger partial charge on any atom is -0.289 e. The van der Waals surface area contributed by atoms with Gasteiger partial charge in [0.05, 0.1) is 10.2 Å². The number of halogens is 1. The number of rotatable bonds is 1. The molecule has 0 saturated heterocycles. The van der Waals surface area contributed by atoms with Gasteiger partial charge in [0.25, 0.3) is 0 Å². The molecule has 0 radical (unpaired) electrons. The lowest BCUT2D eigenvalue weighted by Gasteiger charge is -2.15. The predicted octanol–water partition coefficient (Wildman–Crippen LogP) is 4.04. The molecule has 0 atom stereocenters. The van der Waals surface area contributed by atoms with Crippen LogP contribution in [0.3, 0.4) is 0 Å². The predicted molar refractivity (Wildman–Crippen MR) is 82.8 cm³/mol. The second-order valence-electron chi connectivity index (χ2n) is 5.30. The molecule has 2 aromatic heterocycles. The van der Waals surface area contributed by atoms with Gasteiger partial charge in [-0.2, -0.15) is 0 Å². The second-order valence-corrected chi connectivity index (χ2v) is 6.21. The third kappa shape index (κ3) is 2.04. The van der Waals surface area contributed by atoms with E-state index in [1.165, 1.54) is 42.4 Å². The first-order chi connectivity index (χ1) is 9.79. The second kappa shape index (κ2) is 4.70. The molecule has 0 spiro atoms. The Bertz CT molecular complexity index is 792. The maximum absolute atomic E-state index is 4.60. The van der Waals surface area contributed by atoms with Crippen molar-refractivity contribution in [2.45, 2.75) is 25.7 Å². The fraction of sp³-hybridized carbons (Fsp3) is 0.250. The Hall–Kier alpha value is -1.68. The van der Waals surface area contributed by atoms with E-state index in [1.54, 1.807) is 6.20 Å². The third-order valence-corrected chi connectivity index (χ3v) is 4.33. The molecule has 0 saturated carbocycles. The molecule has 0 N–H and O–H groups in total. The van der Waals surface area contributed by atoms with Gasteiger partial charge in [-0.25, -0.2) is 9.97 Å². The van der Waals surface area contributed by atoms with Crippen LogP contribution in [0.5, 0.6) is 0 Å². The molecular formula is C16H14BrN3. The van der Waals surface area contributed by atoms with Gasteiger partial charge in [-0.15, -0.1) is 0 Å². The summed E-state index contributed by atoms with van der Waals surface area (Å²) in [5.41, 5.74) is 5.17. The van der Waals surface area contributed by atoms with Gasteiger partial charge >= 0.3 is 0 Å². The summed E-state index contributed by atoms with van der Waals surface area (Å²) in [6, 6.07) is 6.74. The Morgan fingerprint density at radius 3 is 2.80 bits per heavy atom. The highest BCUT2D eigenvalue weighted by Gasteiger charge is 2.12. The average Bonchev–Trinajstić information content (AvgIpc) is 2.89. The largest absolute Gasteiger partial charge is 0.289 e. The number of hydrogen-bond acceptors (Lipinski definition) is 2. The van der Waals surface area contributed by atoms with E-state index >= 15 is 0 Å². The van der Waals surface area contributed by atoms with Gasteiger partial charge in [0.1, 0.15) is 0 Å². The van der Waals surface area contributed by atoms with Crippen molar-refractivity contribution in [3.05, 3.63) is 52.4 Å². The van der Waals surface area contributed by atoms with Crippen molar-refractivity contribution in [2.24, 2.45) is 0 Å². The molecule has 4 heteroatoms. The number of aromatic nitrogens is 3. The summed E-state index contributed by atoms with van der Waals surface area (Å²) < 4.78 is 2.91. The summed E-state index contributed by atoms with van der Waals surface area (Å²) in [6.07, 6.45) is 10.8. The molecule has 3 aromatic rings. The van der Waals surface area contributed by atoms with Gasteiger partial charge in [0.2, 0.25) is 5.78 Å². The third-order valence-electron chi connectivity index (χ3n) is 3.92. The van der Waals surface area contributed by atoms with Crippen LogP contribution in [0.25, 0.3) is 17.0 Å². The zero-order valence-corrected chi connectivity index (χ0v) is 12.6. The summed E-state index contributed by atoms with van der Waals surface area (Å²) in [5.74, 6) is 0.737. The Morgan fingerprint density at radius 1 is 1.05 bits per heavy atom. The Morgan fingerprint density at radius 2 is 1.90 bits per heavy atom. The van der Waals surface area contributed by atoms with E-state index in [1.807, 2.05) is 16.8 Å². The highest BCUT2D eigenvalue weighted by atomic mass is 79.9. The molecule has 4 rings (SSSR count). The van der Waals surface area contributed by atoms with Crippen LogP contribution in [-0.2, 0) is 12.8 Å². The molecule has 0 unspecified atom stereocenters. The van der Waals surface area contributed by atoms with E-state index < -0.39 is 0 Å². The fourth-order valence-corrected chi connectivity index (χ4v) is 3.21. The van der Waals surface area contributed by atoms with E-state index in [-0.39, 0.29) is 0 Å². The van der Waals surface area contributed by atoms with E-state index in [0.29, 0.717) is 0 Å². The Kier molecular flexibility index (Phi) is 2.84. The zero-order valence-electron chi connectivity index (χ0n) is 11.0. The molecule has 0 amide bonds. The quantitative estimate of drug-likeness (QED) is 0.675. The summed E-state index contributed by atoms with van der Waals surface area (Å²) in [4.78, 5) is 8.92. The molecule has 100 valence electrons. The van der Waals surface area contributed by atoms with Gasteiger partial charge in [-0.05, 0) is 58.8 Å². The van der Waals surface area contributed by atoms with Crippen molar-refractivity contribution >= 4 is 21.7 Å². The number of nitrogens with zero attached hydrogens (tertiary/aromatic N) is 3. The Balaban J connectivity index is 1.82. The lowest BCUT2D eigenvalue weighted by atomic mass is 9.90. The van der Waals surface area contributed by atoms with Gasteiger partial charge in [0, 0.05) is 24.2 Å². The normalized spacial score (nSPS) is 14.4. The number of benzene rings is 1. The molecule has 20 heavy (non-hydrogen) atoms. The number of imidazole rings is 1. The lowest BCUT2D eigenvalue weighted by Crippen LogP contribution is -2.02. The van der Waals surface area contributed by atoms with E-state index in [4.69, 9.17) is 0 Å². The lowest BCUT2D eigenvalue weighted by molar-refractivity contribution is 0.686. The Labute approximate surface area is 125 Å². The molecule has 1 aromatic carbocycles. The van der Waals surface area contributed by atoms with Gasteiger partial charge in [-0.1, -0.05) is 12.1 Å². The van der Waals surface area contributed by atoms with Crippen LogP contribution in [0.15, 0.2) is 41.3 Å². The summed E-state index contributed by atoms with van der Waals surface area (Å²) in [6.45, 7) is 0. The smallest absolute Gasteiger partial charge is 0.234 e. The van der Waals surface area contributed by atoms with Gasteiger partial charge in [0.15, 0.2) is 0 Å². The standard InChI is InChI=1S/C16H14BrN3/c17-14-8-18-16-19-15(10-20(16)9-14)13-6-5-11-3-1-2-4-12(11)7-13/h5-10H,1-4H2. The minimum atomic E-state index is 0.737. The zero-order chi connectivity index (χ0) is 13.5. The summed E-state index contributed by atoms with van der Waals surface area (Å²) in [7, 11) is 0. The van der Waals surface area contributed by atoms with Gasteiger partial charge < -0.3 is 0 Å². The maximum atomic E-state index is 4.60. The highest BCUT2D eigenvalue weighted by molar-refractivity contribution is 9.10. The van der Waals surface area contributed by atoms with Crippen molar-refractivity contribution in [3.8, 4) is 11.3 Å². The molecule has 0 bridgehead atoms. The topological polar surface area (TPSA) is 30.2 Å². The van der Waals surface area contributed by atoms with Crippen molar-refractivity contribution in [3.63, 3.8) is 0 Å². The van der Waals surface area contributed by atoms with Crippen LogP contribution in [0, 0.1) is 0 Å². The van der Waals surface area contributed by atoms with Crippen LogP contribution in [0.4, 0.5) is 0 Å². The molecule has 1 aliphatic carbocycles. The summed E-state index contributed by atoms with van der Waals surface area (Å²) in [5, 5.41) is 0. The number of fused-ring (bicyclic) bond motifs is 2. The number of aryl methyl sites for hydroxylation is 2. The van der Waals surface area contributed by atoms with Crippen LogP contribution < -0.4 is 0 Å². The van der Waals surface area contributed by atoms with Crippen LogP contribution in [0.2, 0.25) is 0 Å². The SMILES string of the molecule is Brc1cnc2nc(-c3ccc4c(c3)CCCC4)cn2c1. The summed E-state index contributed by atoms with van der Waals surface area (Å²) >= 11 is 3.44. The van der Waals surface area contributed by atoms with Crippen molar-refractivity contribution in [1.29, 1.82) is 0 Å². The fourth-order valence-electron chi connectivity index (χ4n) is 2.89. The molecule has 2 heterocycles. The van der Waals surface area contributed by atoms with Crippen LogP contribution in [0.1, 0.15) is 24.0 Å². The highest BCUT2D eigenvalue weighted by Crippen LogP contribution is 2.27. The van der Waals surface area contributed by atoms with E-state index in [2.05, 4.69) is 44.1 Å². The monoisotopic (exact) mass is 327 g/mol. The molecule has 0 aliphatic heterocycles. The maximum Gasteiger partial charge on any atom is 0.234 e. The van der Waals surface area contributed by atoms with Crippen molar-refractivity contribution in [1.82, 2.24) is 14.4 Å². The molecule has 0 fully saturated rings. The average molecular weight is 328 g/mol. The van der Waals surface area contributed by atoms with Crippen molar-refractivity contribution in [2.75, 3.05) is 0 Å².